The number of carbonyl (C=O) groups is 4. The van der Waals surface area contributed by atoms with Crippen LogP contribution >= 0.6 is 24.2 Å². The molecule has 4 aliphatic carbocycles. The van der Waals surface area contributed by atoms with Gasteiger partial charge in [0.15, 0.2) is 0 Å². The van der Waals surface area contributed by atoms with Gasteiger partial charge in [-0.2, -0.15) is 11.8 Å². The van der Waals surface area contributed by atoms with E-state index in [4.69, 9.17) is 5.73 Å². The van der Waals surface area contributed by atoms with Crippen molar-refractivity contribution in [2.24, 2.45) is 29.4 Å². The number of benzene rings is 3. The van der Waals surface area contributed by atoms with Gasteiger partial charge in [-0.15, -0.1) is 12.4 Å². The first-order chi connectivity index (χ1) is 23.7. The molecule has 3 atom stereocenters. The van der Waals surface area contributed by atoms with Crippen molar-refractivity contribution < 1.29 is 19.2 Å². The van der Waals surface area contributed by atoms with Crippen molar-refractivity contribution in [3.63, 3.8) is 0 Å². The van der Waals surface area contributed by atoms with Gasteiger partial charge in [-0.05, 0) is 103 Å². The lowest BCUT2D eigenvalue weighted by molar-refractivity contribution is -0.132. The highest BCUT2D eigenvalue weighted by molar-refractivity contribution is 7.98. The molecule has 7 rings (SSSR count). The molecule has 11 heteroatoms. The quantitative estimate of drug-likeness (QED) is 0.160. The number of thioether (sulfide) groups is 1. The zero-order valence-corrected chi connectivity index (χ0v) is 30.3. The molecule has 4 aliphatic rings. The van der Waals surface area contributed by atoms with Crippen LogP contribution in [0.1, 0.15) is 49.7 Å². The Morgan fingerprint density at radius 1 is 0.740 bits per heavy atom. The smallest absolute Gasteiger partial charge is 0.243 e. The molecule has 0 unspecified atom stereocenters. The van der Waals surface area contributed by atoms with E-state index in [9.17, 15) is 19.2 Å². The summed E-state index contributed by atoms with van der Waals surface area (Å²) in [6.45, 7) is -0.315. The molecule has 0 saturated heterocycles. The first kappa shape index (κ1) is 37.7. The van der Waals surface area contributed by atoms with E-state index in [2.05, 4.69) is 21.3 Å². The first-order valence-electron chi connectivity index (χ1n) is 17.7. The lowest BCUT2D eigenvalue weighted by atomic mass is 9.54. The van der Waals surface area contributed by atoms with Crippen LogP contribution in [0.3, 0.4) is 0 Å². The van der Waals surface area contributed by atoms with E-state index in [1.165, 1.54) is 32.1 Å². The summed E-state index contributed by atoms with van der Waals surface area (Å²) in [6, 6.07) is 21.3. The van der Waals surface area contributed by atoms with E-state index in [-0.39, 0.29) is 30.9 Å². The Hall–Kier alpha value is -3.60. The molecule has 0 heterocycles. The molecule has 0 aliphatic heterocycles. The minimum Gasteiger partial charge on any atom is -0.351 e. The van der Waals surface area contributed by atoms with Crippen molar-refractivity contribution in [1.82, 2.24) is 21.3 Å². The van der Waals surface area contributed by atoms with E-state index in [0.29, 0.717) is 36.9 Å². The van der Waals surface area contributed by atoms with Crippen LogP contribution < -0.4 is 27.0 Å². The van der Waals surface area contributed by atoms with E-state index in [0.717, 1.165) is 33.7 Å². The van der Waals surface area contributed by atoms with Crippen molar-refractivity contribution in [2.75, 3.05) is 18.6 Å². The summed E-state index contributed by atoms with van der Waals surface area (Å²) in [7, 11) is 0. The molecule has 4 amide bonds. The molecule has 3 aromatic rings. The van der Waals surface area contributed by atoms with Gasteiger partial charge < -0.3 is 27.0 Å². The SMILES string of the molecule is CSCC[C@@H](NC(=O)[C@@H](N)Cc1ccc2ccccc2c1)C(=O)NCC(=O)N[C@@H](Cc1ccccc1)C(=O)NC1C2CC3CC(C2)CC1C3.Cl. The van der Waals surface area contributed by atoms with E-state index >= 15 is 0 Å². The molecule has 0 spiro atoms. The fourth-order valence-corrected chi connectivity index (χ4v) is 8.99. The van der Waals surface area contributed by atoms with Crippen LogP contribution in [-0.2, 0) is 32.0 Å². The van der Waals surface area contributed by atoms with E-state index < -0.39 is 35.8 Å². The predicted molar refractivity (Wildman–Crippen MR) is 202 cm³/mol. The Labute approximate surface area is 305 Å². The third-order valence-corrected chi connectivity index (χ3v) is 11.4. The van der Waals surface area contributed by atoms with Gasteiger partial charge in [0.05, 0.1) is 12.6 Å². The standard InChI is InChI=1S/C39H49N5O4S.ClH/c1-49-14-13-33(43-37(46)32(40)21-25-11-12-28-9-5-6-10-29(28)16-25)38(47)41-23-35(45)42-34(22-24-7-3-2-4-8-24)39(48)44-36-30-17-26-15-27(19-30)20-31(36)18-26;/h2-12,16,26-27,30-34,36H,13-15,17-23,40H2,1H3,(H,41,47)(H,42,45)(H,43,46)(H,44,48);1H/t26?,27?,30?,31?,32-,33+,34-,36?;/m0./s1. The molecule has 50 heavy (non-hydrogen) atoms. The Morgan fingerprint density at radius 2 is 1.40 bits per heavy atom. The highest BCUT2D eigenvalue weighted by atomic mass is 35.5. The topological polar surface area (TPSA) is 142 Å². The minimum atomic E-state index is -0.851. The molecular weight excluding hydrogens is 670 g/mol. The number of amides is 4. The van der Waals surface area contributed by atoms with Crippen LogP contribution in [0.15, 0.2) is 72.8 Å². The second-order valence-corrected chi connectivity index (χ2v) is 15.3. The van der Waals surface area contributed by atoms with Gasteiger partial charge in [0.1, 0.15) is 12.1 Å². The number of nitrogens with one attached hydrogen (secondary N) is 4. The molecule has 4 fully saturated rings. The fourth-order valence-electron chi connectivity index (χ4n) is 8.52. The number of halogens is 1. The molecule has 6 N–H and O–H groups in total. The Morgan fingerprint density at radius 3 is 2.08 bits per heavy atom. The summed E-state index contributed by atoms with van der Waals surface area (Å²) in [4.78, 5) is 53.4. The first-order valence-corrected chi connectivity index (χ1v) is 19.1. The summed E-state index contributed by atoms with van der Waals surface area (Å²) in [5, 5.41) is 13.9. The summed E-state index contributed by atoms with van der Waals surface area (Å²) < 4.78 is 0. The molecule has 4 saturated carbocycles. The maximum absolute atomic E-state index is 13.7. The highest BCUT2D eigenvalue weighted by Crippen LogP contribution is 2.53. The number of rotatable bonds is 15. The second-order valence-electron chi connectivity index (χ2n) is 14.3. The van der Waals surface area contributed by atoms with Crippen LogP contribution in [-0.4, -0.2) is 66.3 Å². The largest absolute Gasteiger partial charge is 0.351 e. The number of fused-ring (bicyclic) bond motifs is 1. The minimum absolute atomic E-state index is 0. The number of nitrogens with two attached hydrogens (primary N) is 1. The zero-order chi connectivity index (χ0) is 34.3. The van der Waals surface area contributed by atoms with Crippen molar-refractivity contribution in [1.29, 1.82) is 0 Å². The van der Waals surface area contributed by atoms with E-state index in [1.54, 1.807) is 11.8 Å². The van der Waals surface area contributed by atoms with Gasteiger partial charge in [-0.3, -0.25) is 19.2 Å². The van der Waals surface area contributed by atoms with Crippen molar-refractivity contribution >= 4 is 58.6 Å². The molecule has 9 nitrogen and oxygen atoms in total. The average Bonchev–Trinajstić information content (AvgIpc) is 3.10. The van der Waals surface area contributed by atoms with Gasteiger partial charge in [0.2, 0.25) is 23.6 Å². The number of hydrogen-bond acceptors (Lipinski definition) is 6. The normalized spacial score (nSPS) is 23.6. The maximum atomic E-state index is 13.7. The van der Waals surface area contributed by atoms with Gasteiger partial charge in [0.25, 0.3) is 0 Å². The lowest BCUT2D eigenvalue weighted by Crippen LogP contribution is -2.60. The Balaban J connectivity index is 0.00000486. The third-order valence-electron chi connectivity index (χ3n) is 10.7. The van der Waals surface area contributed by atoms with Gasteiger partial charge in [-0.1, -0.05) is 72.8 Å². The van der Waals surface area contributed by atoms with Crippen LogP contribution in [0.4, 0.5) is 0 Å². The number of carbonyl (C=O) groups excluding carboxylic acids is 4. The van der Waals surface area contributed by atoms with Crippen LogP contribution in [0.25, 0.3) is 10.8 Å². The summed E-state index contributed by atoms with van der Waals surface area (Å²) in [6.07, 6.45) is 9.05. The van der Waals surface area contributed by atoms with Crippen LogP contribution in [0, 0.1) is 23.7 Å². The Bertz CT molecular complexity index is 1610. The second kappa shape index (κ2) is 17.6. The lowest BCUT2D eigenvalue weighted by Gasteiger charge is -2.54. The monoisotopic (exact) mass is 719 g/mol. The molecular formula is C39H50ClN5O4S. The van der Waals surface area contributed by atoms with Crippen LogP contribution in [0.2, 0.25) is 0 Å². The fraction of sp³-hybridized carbons (Fsp3) is 0.487. The maximum Gasteiger partial charge on any atom is 0.243 e. The zero-order valence-electron chi connectivity index (χ0n) is 28.6. The third kappa shape index (κ3) is 9.59. The van der Waals surface area contributed by atoms with Crippen molar-refractivity contribution in [3.05, 3.63) is 83.9 Å². The summed E-state index contributed by atoms with van der Waals surface area (Å²) in [5.74, 6) is 1.73. The Kier molecular flexibility index (Phi) is 13.2. The van der Waals surface area contributed by atoms with Crippen LogP contribution in [0.5, 0.6) is 0 Å². The molecule has 0 aromatic heterocycles. The number of hydrogen-bond donors (Lipinski definition) is 5. The molecule has 3 aromatic carbocycles. The van der Waals surface area contributed by atoms with Gasteiger partial charge in [0, 0.05) is 12.5 Å². The predicted octanol–water partition coefficient (Wildman–Crippen LogP) is 4.15. The van der Waals surface area contributed by atoms with E-state index in [1.807, 2.05) is 79.1 Å². The highest BCUT2D eigenvalue weighted by Gasteiger charge is 2.49. The van der Waals surface area contributed by atoms with Gasteiger partial charge in [-0.25, -0.2) is 0 Å². The van der Waals surface area contributed by atoms with Gasteiger partial charge >= 0.3 is 0 Å². The van der Waals surface area contributed by atoms with Crippen molar-refractivity contribution in [2.45, 2.75) is 75.5 Å². The molecule has 0 radical (unpaired) electrons. The molecule has 268 valence electrons. The summed E-state index contributed by atoms with van der Waals surface area (Å²) in [5.41, 5.74) is 8.17. The molecule has 4 bridgehead atoms. The average molecular weight is 720 g/mol. The summed E-state index contributed by atoms with van der Waals surface area (Å²) >= 11 is 1.56. The van der Waals surface area contributed by atoms with Crippen molar-refractivity contribution in [3.8, 4) is 0 Å².